The van der Waals surface area contributed by atoms with E-state index in [4.69, 9.17) is 10.5 Å². The summed E-state index contributed by atoms with van der Waals surface area (Å²) in [6.45, 7) is 2.79. The summed E-state index contributed by atoms with van der Waals surface area (Å²) in [4.78, 5) is 4.53. The van der Waals surface area contributed by atoms with Crippen LogP contribution >= 0.6 is 0 Å². The number of nitrogens with one attached hydrogen (secondary N) is 1. The number of ether oxygens (including phenoxy) is 1. The van der Waals surface area contributed by atoms with Crippen LogP contribution in [0.3, 0.4) is 0 Å². The third-order valence-corrected chi connectivity index (χ3v) is 5.18. The fraction of sp³-hybridized carbons (Fsp3) is 0.933. The van der Waals surface area contributed by atoms with Crippen LogP contribution in [-0.4, -0.2) is 31.3 Å². The highest BCUT2D eigenvalue weighted by Gasteiger charge is 2.42. The van der Waals surface area contributed by atoms with E-state index in [0.717, 1.165) is 32.0 Å². The minimum Gasteiger partial charge on any atom is -0.375 e. The van der Waals surface area contributed by atoms with Crippen molar-refractivity contribution < 1.29 is 4.74 Å². The first-order valence-electron chi connectivity index (χ1n) is 7.94. The summed E-state index contributed by atoms with van der Waals surface area (Å²) in [5, 5.41) is 3.27. The number of aliphatic imine (C=N–C) groups is 1. The highest BCUT2D eigenvalue weighted by atomic mass is 16.5. The highest BCUT2D eigenvalue weighted by Crippen LogP contribution is 2.44. The van der Waals surface area contributed by atoms with Crippen molar-refractivity contribution in [2.75, 3.05) is 19.7 Å². The van der Waals surface area contributed by atoms with E-state index in [1.807, 2.05) is 0 Å². The summed E-state index contributed by atoms with van der Waals surface area (Å²) in [5.74, 6) is 2.13. The van der Waals surface area contributed by atoms with Crippen LogP contribution in [0.2, 0.25) is 0 Å². The average Bonchev–Trinajstić information content (AvgIpc) is 2.33. The van der Waals surface area contributed by atoms with Crippen LogP contribution in [0.25, 0.3) is 0 Å². The minimum absolute atomic E-state index is 0.229. The van der Waals surface area contributed by atoms with Gasteiger partial charge in [-0.25, -0.2) is 0 Å². The van der Waals surface area contributed by atoms with E-state index in [1.165, 1.54) is 44.9 Å². The van der Waals surface area contributed by atoms with Gasteiger partial charge >= 0.3 is 0 Å². The Kier molecular flexibility index (Phi) is 3.96. The molecule has 1 unspecified atom stereocenters. The molecule has 0 aromatic heterocycles. The Bertz CT molecular complexity index is 334. The topological polar surface area (TPSA) is 59.6 Å². The number of guanidine groups is 1. The summed E-state index contributed by atoms with van der Waals surface area (Å²) in [7, 11) is 0. The number of hydrogen-bond acceptors (Lipinski definition) is 2. The Balaban J connectivity index is 1.39. The molecule has 0 aromatic carbocycles. The lowest BCUT2D eigenvalue weighted by atomic mass is 9.72. The average molecular weight is 265 g/mol. The molecule has 3 rings (SSSR count). The molecule has 1 aliphatic heterocycles. The molecule has 0 aromatic rings. The van der Waals surface area contributed by atoms with Crippen LogP contribution in [0.4, 0.5) is 0 Å². The molecule has 4 nitrogen and oxygen atoms in total. The van der Waals surface area contributed by atoms with E-state index in [2.05, 4.69) is 10.3 Å². The van der Waals surface area contributed by atoms with E-state index >= 15 is 0 Å². The number of nitrogens with zero attached hydrogens (tertiary/aromatic N) is 1. The molecule has 4 heteroatoms. The van der Waals surface area contributed by atoms with Crippen molar-refractivity contribution in [1.29, 1.82) is 0 Å². The van der Waals surface area contributed by atoms with Crippen molar-refractivity contribution in [3.8, 4) is 0 Å². The van der Waals surface area contributed by atoms with Gasteiger partial charge in [-0.05, 0) is 56.8 Å². The third kappa shape index (κ3) is 3.22. The second kappa shape index (κ2) is 5.70. The molecular formula is C15H27N3O. The maximum atomic E-state index is 5.94. The zero-order valence-corrected chi connectivity index (χ0v) is 11.9. The Hall–Kier alpha value is -0.770. The molecular weight excluding hydrogens is 238 g/mol. The minimum atomic E-state index is 0.229. The van der Waals surface area contributed by atoms with Crippen LogP contribution in [0.5, 0.6) is 0 Å². The van der Waals surface area contributed by atoms with Gasteiger partial charge in [0.1, 0.15) is 0 Å². The van der Waals surface area contributed by atoms with E-state index < -0.39 is 0 Å². The molecule has 3 aliphatic rings. The first-order valence-corrected chi connectivity index (χ1v) is 7.94. The Labute approximate surface area is 116 Å². The first-order chi connectivity index (χ1) is 9.26. The number of hydrogen-bond donors (Lipinski definition) is 2. The fourth-order valence-corrected chi connectivity index (χ4v) is 3.43. The molecule has 19 heavy (non-hydrogen) atoms. The van der Waals surface area contributed by atoms with Gasteiger partial charge < -0.3 is 15.8 Å². The maximum absolute atomic E-state index is 5.94. The smallest absolute Gasteiger partial charge is 0.188 e. The molecule has 1 saturated heterocycles. The summed E-state index contributed by atoms with van der Waals surface area (Å²) in [6, 6.07) is 0. The van der Waals surface area contributed by atoms with Crippen LogP contribution in [0, 0.1) is 11.8 Å². The van der Waals surface area contributed by atoms with Gasteiger partial charge in [-0.3, -0.25) is 4.99 Å². The fourth-order valence-electron chi connectivity index (χ4n) is 3.43. The zero-order valence-electron chi connectivity index (χ0n) is 11.9. The molecule has 0 bridgehead atoms. The van der Waals surface area contributed by atoms with E-state index in [1.54, 1.807) is 0 Å². The van der Waals surface area contributed by atoms with Gasteiger partial charge in [0.2, 0.25) is 0 Å². The van der Waals surface area contributed by atoms with Crippen LogP contribution < -0.4 is 11.1 Å². The van der Waals surface area contributed by atoms with Crippen LogP contribution in [0.15, 0.2) is 4.99 Å². The first kappa shape index (κ1) is 13.2. The normalized spacial score (nSPS) is 30.7. The summed E-state index contributed by atoms with van der Waals surface area (Å²) < 4.78 is 5.94. The van der Waals surface area contributed by atoms with Gasteiger partial charge in [0.25, 0.3) is 0 Å². The Morgan fingerprint density at radius 1 is 1.21 bits per heavy atom. The molecule has 3 N–H and O–H groups in total. The summed E-state index contributed by atoms with van der Waals surface area (Å²) >= 11 is 0. The lowest BCUT2D eigenvalue weighted by Crippen LogP contribution is -2.46. The molecule has 1 heterocycles. The van der Waals surface area contributed by atoms with E-state index in [9.17, 15) is 0 Å². The Morgan fingerprint density at radius 3 is 2.68 bits per heavy atom. The SMILES string of the molecule is NC(=NCC1CCOC2(CCC2)C1)NCC1CCC1. The van der Waals surface area contributed by atoms with Gasteiger partial charge in [0.15, 0.2) is 5.96 Å². The molecule has 0 radical (unpaired) electrons. The van der Waals surface area contributed by atoms with Crippen molar-refractivity contribution in [1.82, 2.24) is 5.32 Å². The second-order valence-corrected chi connectivity index (χ2v) is 6.65. The summed E-state index contributed by atoms with van der Waals surface area (Å²) in [5.41, 5.74) is 6.17. The third-order valence-electron chi connectivity index (χ3n) is 5.18. The lowest BCUT2D eigenvalue weighted by Gasteiger charge is -2.47. The van der Waals surface area contributed by atoms with Crippen LogP contribution in [-0.2, 0) is 4.74 Å². The van der Waals surface area contributed by atoms with Gasteiger partial charge in [0.05, 0.1) is 5.60 Å². The summed E-state index contributed by atoms with van der Waals surface area (Å²) in [6.07, 6.45) is 10.2. The standard InChI is InChI=1S/C15H27N3O/c16-14(17-10-12-3-1-4-12)18-11-13-5-8-19-15(9-13)6-2-7-15/h12-13H,1-11H2,(H3,16,17,18). The predicted octanol–water partition coefficient (Wildman–Crippen LogP) is 2.04. The van der Waals surface area contributed by atoms with Gasteiger partial charge in [0, 0.05) is 19.7 Å². The van der Waals surface area contributed by atoms with Crippen molar-refractivity contribution >= 4 is 5.96 Å². The van der Waals surface area contributed by atoms with Crippen molar-refractivity contribution in [2.45, 2.75) is 57.0 Å². The van der Waals surface area contributed by atoms with E-state index in [-0.39, 0.29) is 5.60 Å². The molecule has 3 fully saturated rings. The lowest BCUT2D eigenvalue weighted by molar-refractivity contribution is -0.141. The molecule has 108 valence electrons. The largest absolute Gasteiger partial charge is 0.375 e. The van der Waals surface area contributed by atoms with Crippen molar-refractivity contribution in [3.05, 3.63) is 0 Å². The molecule has 1 spiro atoms. The van der Waals surface area contributed by atoms with Crippen LogP contribution in [0.1, 0.15) is 51.4 Å². The van der Waals surface area contributed by atoms with Gasteiger partial charge in [-0.2, -0.15) is 0 Å². The highest BCUT2D eigenvalue weighted by molar-refractivity contribution is 5.77. The van der Waals surface area contributed by atoms with Crippen molar-refractivity contribution in [3.63, 3.8) is 0 Å². The van der Waals surface area contributed by atoms with E-state index in [0.29, 0.717) is 11.9 Å². The number of rotatable bonds is 4. The predicted molar refractivity (Wildman–Crippen MR) is 77.1 cm³/mol. The molecule has 1 atom stereocenters. The molecule has 2 saturated carbocycles. The molecule has 0 amide bonds. The van der Waals surface area contributed by atoms with Gasteiger partial charge in [-0.15, -0.1) is 0 Å². The Morgan fingerprint density at radius 2 is 2.05 bits per heavy atom. The zero-order chi connectivity index (χ0) is 13.1. The van der Waals surface area contributed by atoms with Gasteiger partial charge in [-0.1, -0.05) is 6.42 Å². The van der Waals surface area contributed by atoms with Crippen molar-refractivity contribution in [2.24, 2.45) is 22.6 Å². The molecule has 2 aliphatic carbocycles. The number of nitrogens with two attached hydrogens (primary N) is 1. The second-order valence-electron chi connectivity index (χ2n) is 6.65. The quantitative estimate of drug-likeness (QED) is 0.604. The maximum Gasteiger partial charge on any atom is 0.188 e. The monoisotopic (exact) mass is 265 g/mol.